The van der Waals surface area contributed by atoms with E-state index in [0.717, 1.165) is 22.0 Å². The van der Waals surface area contributed by atoms with E-state index >= 15 is 0 Å². The number of aryl methyl sites for hydroxylation is 1. The van der Waals surface area contributed by atoms with Crippen LogP contribution in [-0.4, -0.2) is 33.3 Å². The molecule has 0 atom stereocenters. The third-order valence-corrected chi connectivity index (χ3v) is 6.39. The number of aliphatic imine (C=N–C) groups is 1. The van der Waals surface area contributed by atoms with Crippen LogP contribution in [0.1, 0.15) is 36.8 Å². The summed E-state index contributed by atoms with van der Waals surface area (Å²) in [6.45, 7) is 3.87. The van der Waals surface area contributed by atoms with Crippen LogP contribution in [0.15, 0.2) is 17.1 Å². The lowest BCUT2D eigenvalue weighted by atomic mass is 9.99. The Labute approximate surface area is 135 Å². The second kappa shape index (κ2) is 5.57. The first-order chi connectivity index (χ1) is 10.4. The van der Waals surface area contributed by atoms with Gasteiger partial charge in [0.15, 0.2) is 5.17 Å². The van der Waals surface area contributed by atoms with Crippen LogP contribution in [0.25, 0.3) is 0 Å². The van der Waals surface area contributed by atoms with E-state index in [-0.39, 0.29) is 16.1 Å². The lowest BCUT2D eigenvalue weighted by molar-refractivity contribution is -0.384. The summed E-state index contributed by atoms with van der Waals surface area (Å²) in [5.74, 6) is 1.04. The molecule has 5 nitrogen and oxygen atoms in total. The Kier molecular flexibility index (Phi) is 3.89. The summed E-state index contributed by atoms with van der Waals surface area (Å²) in [7, 11) is 2.08. The van der Waals surface area contributed by atoms with Gasteiger partial charge in [-0.25, -0.2) is 4.99 Å². The molecule has 0 bridgehead atoms. The van der Waals surface area contributed by atoms with Gasteiger partial charge in [0.25, 0.3) is 5.69 Å². The van der Waals surface area contributed by atoms with Crippen LogP contribution in [0.2, 0.25) is 0 Å². The Hall–Kier alpha value is -1.56. The molecule has 1 saturated heterocycles. The molecule has 1 spiro atoms. The van der Waals surface area contributed by atoms with E-state index < -0.39 is 0 Å². The number of amidine groups is 1. The highest BCUT2D eigenvalue weighted by atomic mass is 32.2. The summed E-state index contributed by atoms with van der Waals surface area (Å²) in [4.78, 5) is 17.9. The molecule has 22 heavy (non-hydrogen) atoms. The molecule has 118 valence electrons. The van der Waals surface area contributed by atoms with Crippen molar-refractivity contribution < 1.29 is 4.92 Å². The molecular formula is C16H21N3O2S. The van der Waals surface area contributed by atoms with E-state index in [2.05, 4.69) is 11.9 Å². The van der Waals surface area contributed by atoms with Crippen LogP contribution in [0.4, 0.5) is 11.4 Å². The normalized spacial score (nSPS) is 22.0. The number of benzene rings is 1. The largest absolute Gasteiger partial charge is 0.348 e. The molecule has 1 aliphatic heterocycles. The van der Waals surface area contributed by atoms with Gasteiger partial charge in [0.1, 0.15) is 5.69 Å². The van der Waals surface area contributed by atoms with Gasteiger partial charge < -0.3 is 4.90 Å². The van der Waals surface area contributed by atoms with Gasteiger partial charge in [-0.05, 0) is 37.8 Å². The zero-order valence-electron chi connectivity index (χ0n) is 13.3. The number of thioether (sulfide) groups is 1. The lowest BCUT2D eigenvalue weighted by Gasteiger charge is -2.32. The fraction of sp³-hybridized carbons (Fsp3) is 0.562. The molecule has 1 aromatic rings. The number of hydrogen-bond acceptors (Lipinski definition) is 4. The molecule has 2 fully saturated rings. The highest BCUT2D eigenvalue weighted by Crippen LogP contribution is 2.45. The number of nitro groups is 1. The van der Waals surface area contributed by atoms with Crippen molar-refractivity contribution in [3.8, 4) is 0 Å². The zero-order valence-corrected chi connectivity index (χ0v) is 14.1. The zero-order chi connectivity index (χ0) is 15.9. The molecule has 6 heteroatoms. The van der Waals surface area contributed by atoms with E-state index in [1.54, 1.807) is 23.9 Å². The van der Waals surface area contributed by atoms with E-state index in [0.29, 0.717) is 5.69 Å². The van der Waals surface area contributed by atoms with Crippen molar-refractivity contribution in [3.63, 3.8) is 0 Å². The van der Waals surface area contributed by atoms with Crippen molar-refractivity contribution in [2.45, 2.75) is 45.1 Å². The Morgan fingerprint density at radius 1 is 1.32 bits per heavy atom. The minimum absolute atomic E-state index is 0.0944. The third kappa shape index (κ3) is 2.39. The molecule has 1 heterocycles. The fourth-order valence-electron chi connectivity index (χ4n) is 3.39. The topological polar surface area (TPSA) is 58.7 Å². The maximum atomic E-state index is 11.3. The van der Waals surface area contributed by atoms with Crippen LogP contribution in [0.5, 0.6) is 0 Å². The van der Waals surface area contributed by atoms with Crippen molar-refractivity contribution in [1.82, 2.24) is 4.90 Å². The van der Waals surface area contributed by atoms with E-state index in [1.165, 1.54) is 25.7 Å². The summed E-state index contributed by atoms with van der Waals surface area (Å²) in [6, 6.07) is 3.35. The van der Waals surface area contributed by atoms with Crippen LogP contribution in [0.3, 0.4) is 0 Å². The standard InChI is InChI=1S/C16H21N3O2S/c1-11-6-7-13(19(20)21)14(12(11)2)17-15-18(3)16(10-22-15)8-4-5-9-16/h6-7H,4-5,8-10H2,1-3H3. The van der Waals surface area contributed by atoms with Gasteiger partial charge in [0, 0.05) is 18.9 Å². The fourth-order valence-corrected chi connectivity index (χ4v) is 4.81. The van der Waals surface area contributed by atoms with Gasteiger partial charge in [-0.3, -0.25) is 10.1 Å². The average Bonchev–Trinajstić information content (AvgIpc) is 3.07. The highest BCUT2D eigenvalue weighted by Gasteiger charge is 2.44. The maximum Gasteiger partial charge on any atom is 0.295 e. The van der Waals surface area contributed by atoms with Gasteiger partial charge in [-0.2, -0.15) is 0 Å². The Morgan fingerprint density at radius 2 is 2.00 bits per heavy atom. The van der Waals surface area contributed by atoms with Crippen LogP contribution in [0, 0.1) is 24.0 Å². The van der Waals surface area contributed by atoms with Gasteiger partial charge in [0.2, 0.25) is 0 Å². The predicted molar refractivity (Wildman–Crippen MR) is 91.1 cm³/mol. The van der Waals surface area contributed by atoms with Gasteiger partial charge in [-0.15, -0.1) is 0 Å². The van der Waals surface area contributed by atoms with Gasteiger partial charge in [0.05, 0.1) is 10.5 Å². The Bertz CT molecular complexity index is 651. The molecular weight excluding hydrogens is 298 g/mol. The molecule has 2 aliphatic rings. The second-order valence-electron chi connectivity index (χ2n) is 6.31. The monoisotopic (exact) mass is 319 g/mol. The number of hydrogen-bond donors (Lipinski definition) is 0. The summed E-state index contributed by atoms with van der Waals surface area (Å²) < 4.78 is 0. The summed E-state index contributed by atoms with van der Waals surface area (Å²) in [5, 5.41) is 12.2. The number of nitrogens with zero attached hydrogens (tertiary/aromatic N) is 3. The smallest absolute Gasteiger partial charge is 0.295 e. The molecule has 0 unspecified atom stereocenters. The van der Waals surface area contributed by atoms with Crippen LogP contribution < -0.4 is 0 Å². The number of rotatable bonds is 2. The van der Waals surface area contributed by atoms with E-state index in [1.807, 2.05) is 13.8 Å². The van der Waals surface area contributed by atoms with Gasteiger partial charge >= 0.3 is 0 Å². The minimum Gasteiger partial charge on any atom is -0.348 e. The molecule has 0 N–H and O–H groups in total. The van der Waals surface area contributed by atoms with E-state index in [9.17, 15) is 10.1 Å². The average molecular weight is 319 g/mol. The third-order valence-electron chi connectivity index (χ3n) is 5.09. The van der Waals surface area contributed by atoms with Crippen molar-refractivity contribution in [1.29, 1.82) is 0 Å². The molecule has 3 rings (SSSR count). The maximum absolute atomic E-state index is 11.3. The van der Waals surface area contributed by atoms with Crippen molar-refractivity contribution >= 4 is 28.3 Å². The van der Waals surface area contributed by atoms with Crippen molar-refractivity contribution in [3.05, 3.63) is 33.4 Å². The Balaban J connectivity index is 2.02. The summed E-state index contributed by atoms with van der Waals surface area (Å²) in [5.41, 5.74) is 2.75. The molecule has 1 saturated carbocycles. The first kappa shape index (κ1) is 15.3. The number of nitro benzene ring substituents is 1. The quantitative estimate of drug-likeness (QED) is 0.606. The van der Waals surface area contributed by atoms with Gasteiger partial charge in [-0.1, -0.05) is 30.7 Å². The molecule has 0 aromatic heterocycles. The van der Waals surface area contributed by atoms with E-state index in [4.69, 9.17) is 4.99 Å². The SMILES string of the molecule is Cc1ccc([N+](=O)[O-])c(N=C2SCC3(CCCC3)N2C)c1C. The first-order valence-corrected chi connectivity index (χ1v) is 8.63. The van der Waals surface area contributed by atoms with Crippen LogP contribution >= 0.6 is 11.8 Å². The Morgan fingerprint density at radius 3 is 2.64 bits per heavy atom. The molecule has 0 radical (unpaired) electrons. The van der Waals surface area contributed by atoms with Crippen LogP contribution in [-0.2, 0) is 0 Å². The molecule has 1 aromatic carbocycles. The predicted octanol–water partition coefficient (Wildman–Crippen LogP) is 4.19. The van der Waals surface area contributed by atoms with Crippen molar-refractivity contribution in [2.24, 2.45) is 4.99 Å². The lowest BCUT2D eigenvalue weighted by Crippen LogP contribution is -2.42. The molecule has 1 aliphatic carbocycles. The second-order valence-corrected chi connectivity index (χ2v) is 7.25. The summed E-state index contributed by atoms with van der Waals surface area (Å²) >= 11 is 1.73. The minimum atomic E-state index is -0.337. The highest BCUT2D eigenvalue weighted by molar-refractivity contribution is 8.14. The van der Waals surface area contributed by atoms with Crippen molar-refractivity contribution in [2.75, 3.05) is 12.8 Å². The first-order valence-electron chi connectivity index (χ1n) is 7.64. The summed E-state index contributed by atoms with van der Waals surface area (Å²) in [6.07, 6.45) is 4.93. The molecule has 0 amide bonds.